The topological polar surface area (TPSA) is 42.2 Å². The standard InChI is InChI=1S/C10H7NO2/c11-5-1-2-8-3-4-9-10(6-8)13-7-12-9/h1-4,6H,7H2. The molecule has 0 fully saturated rings. The van der Waals surface area contributed by atoms with Gasteiger partial charge in [-0.25, -0.2) is 0 Å². The maximum Gasteiger partial charge on any atom is 0.231 e. The molecule has 0 saturated carbocycles. The largest absolute Gasteiger partial charge is 0.454 e. The Morgan fingerprint density at radius 3 is 3.00 bits per heavy atom. The SMILES string of the molecule is N#CC=Cc1ccc2c(c1)OCO2. The van der Waals surface area contributed by atoms with Crippen molar-refractivity contribution in [2.24, 2.45) is 0 Å². The molecule has 1 aromatic carbocycles. The molecule has 1 aromatic rings. The first-order chi connectivity index (χ1) is 6.40. The summed E-state index contributed by atoms with van der Waals surface area (Å²) in [5.74, 6) is 1.49. The normalized spacial score (nSPS) is 13.2. The molecule has 3 heteroatoms. The Morgan fingerprint density at radius 1 is 1.31 bits per heavy atom. The lowest BCUT2D eigenvalue weighted by Gasteiger charge is -1.96. The Morgan fingerprint density at radius 2 is 2.15 bits per heavy atom. The Balaban J connectivity index is 2.32. The van der Waals surface area contributed by atoms with Crippen LogP contribution in [0.15, 0.2) is 24.3 Å². The fourth-order valence-electron chi connectivity index (χ4n) is 1.15. The van der Waals surface area contributed by atoms with Crippen molar-refractivity contribution in [3.63, 3.8) is 0 Å². The van der Waals surface area contributed by atoms with Crippen LogP contribution in [0.4, 0.5) is 0 Å². The van der Waals surface area contributed by atoms with Crippen molar-refractivity contribution in [1.29, 1.82) is 5.26 Å². The fraction of sp³-hybridized carbons (Fsp3) is 0.100. The number of hydrogen-bond donors (Lipinski definition) is 0. The van der Waals surface area contributed by atoms with Crippen molar-refractivity contribution in [3.05, 3.63) is 29.8 Å². The van der Waals surface area contributed by atoms with E-state index < -0.39 is 0 Å². The first kappa shape index (κ1) is 7.69. The van der Waals surface area contributed by atoms with E-state index in [0.717, 1.165) is 17.1 Å². The van der Waals surface area contributed by atoms with Crippen LogP contribution in [0.1, 0.15) is 5.56 Å². The van der Waals surface area contributed by atoms with E-state index in [4.69, 9.17) is 14.7 Å². The minimum atomic E-state index is 0.279. The molecule has 0 aromatic heterocycles. The van der Waals surface area contributed by atoms with E-state index in [9.17, 15) is 0 Å². The van der Waals surface area contributed by atoms with Gasteiger partial charge in [-0.05, 0) is 23.8 Å². The Hall–Kier alpha value is -1.95. The lowest BCUT2D eigenvalue weighted by atomic mass is 10.2. The molecule has 3 nitrogen and oxygen atoms in total. The smallest absolute Gasteiger partial charge is 0.231 e. The van der Waals surface area contributed by atoms with Crippen molar-refractivity contribution >= 4 is 6.08 Å². The molecule has 1 heterocycles. The lowest BCUT2D eigenvalue weighted by Crippen LogP contribution is -1.92. The van der Waals surface area contributed by atoms with Gasteiger partial charge in [0, 0.05) is 6.08 Å². The van der Waals surface area contributed by atoms with Gasteiger partial charge in [0.05, 0.1) is 6.07 Å². The summed E-state index contributed by atoms with van der Waals surface area (Å²) in [4.78, 5) is 0. The third-order valence-electron chi connectivity index (χ3n) is 1.75. The molecule has 2 rings (SSSR count). The molecule has 0 aliphatic carbocycles. The molecule has 0 amide bonds. The van der Waals surface area contributed by atoms with Gasteiger partial charge in [-0.2, -0.15) is 5.26 Å². The van der Waals surface area contributed by atoms with Crippen molar-refractivity contribution in [2.75, 3.05) is 6.79 Å². The average molecular weight is 173 g/mol. The number of allylic oxidation sites excluding steroid dienone is 1. The number of hydrogen-bond acceptors (Lipinski definition) is 3. The van der Waals surface area contributed by atoms with Gasteiger partial charge < -0.3 is 9.47 Å². The molecule has 1 aliphatic rings. The molecule has 13 heavy (non-hydrogen) atoms. The van der Waals surface area contributed by atoms with Crippen molar-refractivity contribution in [3.8, 4) is 17.6 Å². The monoisotopic (exact) mass is 173 g/mol. The van der Waals surface area contributed by atoms with Crippen LogP contribution in [0.2, 0.25) is 0 Å². The zero-order chi connectivity index (χ0) is 9.10. The van der Waals surface area contributed by atoms with E-state index in [-0.39, 0.29) is 6.79 Å². The van der Waals surface area contributed by atoms with E-state index in [1.54, 1.807) is 6.08 Å². The summed E-state index contributed by atoms with van der Waals surface area (Å²) in [7, 11) is 0. The summed E-state index contributed by atoms with van der Waals surface area (Å²) in [5.41, 5.74) is 0.936. The van der Waals surface area contributed by atoms with Crippen molar-refractivity contribution in [1.82, 2.24) is 0 Å². The molecule has 1 aliphatic heterocycles. The number of ether oxygens (including phenoxy) is 2. The predicted octanol–water partition coefficient (Wildman–Crippen LogP) is 1.95. The Labute approximate surface area is 75.8 Å². The van der Waals surface area contributed by atoms with Crippen molar-refractivity contribution in [2.45, 2.75) is 0 Å². The summed E-state index contributed by atoms with van der Waals surface area (Å²) in [6.45, 7) is 0.279. The molecule has 0 radical (unpaired) electrons. The summed E-state index contributed by atoms with van der Waals surface area (Å²) in [5, 5.41) is 8.33. The third-order valence-corrected chi connectivity index (χ3v) is 1.75. The van der Waals surface area contributed by atoms with Gasteiger partial charge in [0.2, 0.25) is 6.79 Å². The van der Waals surface area contributed by atoms with E-state index >= 15 is 0 Å². The van der Waals surface area contributed by atoms with Crippen LogP contribution in [0.3, 0.4) is 0 Å². The number of fused-ring (bicyclic) bond motifs is 1. The summed E-state index contributed by atoms with van der Waals surface area (Å²) >= 11 is 0. The number of nitrogens with zero attached hydrogens (tertiary/aromatic N) is 1. The van der Waals surface area contributed by atoms with Gasteiger partial charge >= 0.3 is 0 Å². The number of rotatable bonds is 1. The van der Waals surface area contributed by atoms with Crippen LogP contribution >= 0.6 is 0 Å². The Bertz CT molecular complexity index is 390. The first-order valence-corrected chi connectivity index (χ1v) is 3.86. The fourth-order valence-corrected chi connectivity index (χ4v) is 1.15. The summed E-state index contributed by atoms with van der Waals surface area (Å²) in [6.07, 6.45) is 3.15. The molecule has 0 bridgehead atoms. The molecular formula is C10H7NO2. The summed E-state index contributed by atoms with van der Waals surface area (Å²) < 4.78 is 10.3. The predicted molar refractivity (Wildman–Crippen MR) is 47.2 cm³/mol. The van der Waals surface area contributed by atoms with Gasteiger partial charge in [0.1, 0.15) is 0 Å². The lowest BCUT2D eigenvalue weighted by molar-refractivity contribution is 0.174. The van der Waals surface area contributed by atoms with E-state index in [2.05, 4.69) is 0 Å². The van der Waals surface area contributed by atoms with Crippen molar-refractivity contribution < 1.29 is 9.47 Å². The highest BCUT2D eigenvalue weighted by atomic mass is 16.7. The number of benzene rings is 1. The zero-order valence-corrected chi connectivity index (χ0v) is 6.86. The van der Waals surface area contributed by atoms with Gasteiger partial charge in [0.25, 0.3) is 0 Å². The molecule has 0 atom stereocenters. The second kappa shape index (κ2) is 3.20. The quantitative estimate of drug-likeness (QED) is 0.609. The van der Waals surface area contributed by atoms with Crippen LogP contribution in [0.5, 0.6) is 11.5 Å². The Kier molecular flexibility index (Phi) is 1.89. The molecule has 0 N–H and O–H groups in total. The maximum atomic E-state index is 8.33. The van der Waals surface area contributed by atoms with E-state index in [1.807, 2.05) is 24.3 Å². The van der Waals surface area contributed by atoms with Gasteiger partial charge in [-0.3, -0.25) is 0 Å². The summed E-state index contributed by atoms with van der Waals surface area (Å²) in [6, 6.07) is 7.48. The minimum absolute atomic E-state index is 0.279. The van der Waals surface area contributed by atoms with Gasteiger partial charge in [-0.15, -0.1) is 0 Å². The van der Waals surface area contributed by atoms with Crippen LogP contribution in [0, 0.1) is 11.3 Å². The molecule has 0 spiro atoms. The highest BCUT2D eigenvalue weighted by Gasteiger charge is 2.11. The molecule has 64 valence electrons. The first-order valence-electron chi connectivity index (χ1n) is 3.86. The van der Waals surface area contributed by atoms with Gasteiger partial charge in [0.15, 0.2) is 11.5 Å². The van der Waals surface area contributed by atoms with E-state index in [0.29, 0.717) is 0 Å². The molecule has 0 unspecified atom stereocenters. The van der Waals surface area contributed by atoms with Crippen LogP contribution in [-0.2, 0) is 0 Å². The minimum Gasteiger partial charge on any atom is -0.454 e. The second-order valence-corrected chi connectivity index (χ2v) is 2.58. The van der Waals surface area contributed by atoms with E-state index in [1.165, 1.54) is 6.08 Å². The third kappa shape index (κ3) is 1.47. The number of nitriles is 1. The van der Waals surface area contributed by atoms with Crippen LogP contribution in [0.25, 0.3) is 6.08 Å². The van der Waals surface area contributed by atoms with Gasteiger partial charge in [-0.1, -0.05) is 6.07 Å². The van der Waals surface area contributed by atoms with Crippen LogP contribution < -0.4 is 9.47 Å². The highest BCUT2D eigenvalue weighted by molar-refractivity contribution is 5.57. The highest BCUT2D eigenvalue weighted by Crippen LogP contribution is 2.32. The van der Waals surface area contributed by atoms with Crippen LogP contribution in [-0.4, -0.2) is 6.79 Å². The maximum absolute atomic E-state index is 8.33. The molecule has 0 saturated heterocycles. The second-order valence-electron chi connectivity index (χ2n) is 2.58. The molecular weight excluding hydrogens is 166 g/mol. The zero-order valence-electron chi connectivity index (χ0n) is 6.86. The average Bonchev–Trinajstić information content (AvgIpc) is 2.61.